The number of nitrogens with zero attached hydrogens (tertiary/aromatic N) is 7. The molecule has 8 aliphatic heterocycles. The molecule has 109 heavy (non-hydrogen) atoms. The van der Waals surface area contributed by atoms with E-state index in [1.807, 2.05) is 97.0 Å². The van der Waals surface area contributed by atoms with Crippen molar-refractivity contribution in [1.29, 1.82) is 0 Å². The van der Waals surface area contributed by atoms with Crippen LogP contribution in [0.25, 0.3) is 4.85 Å². The molecule has 12 atom stereocenters. The molecule has 8 aliphatic rings. The number of amides is 6. The predicted octanol–water partition coefficient (Wildman–Crippen LogP) is 5.94. The number of esters is 3. The molecule has 10 rings (SSSR count). The van der Waals surface area contributed by atoms with Crippen LogP contribution < -0.4 is 25.8 Å². The summed E-state index contributed by atoms with van der Waals surface area (Å²) in [7, 11) is 7.18. The molecule has 2 aromatic carbocycles. The lowest BCUT2D eigenvalue weighted by Gasteiger charge is -2.51. The maximum atomic E-state index is 13.0. The van der Waals surface area contributed by atoms with Crippen molar-refractivity contribution >= 4 is 60.1 Å². The number of carbonyl (C=O) groups is 10. The van der Waals surface area contributed by atoms with Crippen LogP contribution >= 0.6 is 0 Å². The molecule has 0 aromatic heterocycles. The summed E-state index contributed by atoms with van der Waals surface area (Å²) in [5.74, 6) is 0.389. The Morgan fingerprint density at radius 1 is 0.495 bits per heavy atom. The van der Waals surface area contributed by atoms with Crippen molar-refractivity contribution in [2.24, 2.45) is 23.5 Å². The molecule has 6 amide bonds. The van der Waals surface area contributed by atoms with Crippen molar-refractivity contribution in [1.82, 2.24) is 40.0 Å². The molecule has 2 aromatic rings. The van der Waals surface area contributed by atoms with E-state index < -0.39 is 94.0 Å². The van der Waals surface area contributed by atoms with E-state index >= 15 is 0 Å². The van der Waals surface area contributed by atoms with Gasteiger partial charge in [-0.3, -0.25) is 49.4 Å². The Kier molecular flexibility index (Phi) is 34.2. The van der Waals surface area contributed by atoms with E-state index in [0.717, 1.165) is 22.6 Å². The highest BCUT2D eigenvalue weighted by atomic mass is 16.6. The molecule has 612 valence electrons. The second-order valence-electron chi connectivity index (χ2n) is 32.4. The van der Waals surface area contributed by atoms with E-state index in [9.17, 15) is 53.1 Å². The van der Waals surface area contributed by atoms with Crippen LogP contribution in [0.5, 0.6) is 11.5 Å². The molecule has 2 spiro atoms. The molecule has 8 saturated heterocycles. The second kappa shape index (κ2) is 40.2. The van der Waals surface area contributed by atoms with Gasteiger partial charge in [-0.2, -0.15) is 0 Å². The maximum Gasteiger partial charge on any atom is 0.411 e. The molecular formula is C76H120N10O23. The van der Waals surface area contributed by atoms with Gasteiger partial charge in [-0.25, -0.2) is 35.3 Å². The van der Waals surface area contributed by atoms with Gasteiger partial charge < -0.3 is 83.5 Å². The average molecular weight is 1540 g/mol. The van der Waals surface area contributed by atoms with E-state index in [4.69, 9.17) is 55.0 Å². The zero-order valence-corrected chi connectivity index (χ0v) is 67.2. The van der Waals surface area contributed by atoms with Crippen LogP contribution in [-0.4, -0.2) is 280 Å². The van der Waals surface area contributed by atoms with Crippen LogP contribution in [0.1, 0.15) is 154 Å². The molecule has 8 heterocycles. The van der Waals surface area contributed by atoms with E-state index in [1.54, 1.807) is 75.4 Å². The summed E-state index contributed by atoms with van der Waals surface area (Å²) in [5.41, 5.74) is 2.98. The first-order valence-corrected chi connectivity index (χ1v) is 36.5. The quantitative estimate of drug-likeness (QED) is 0.0626. The number of hydrogen-bond acceptors (Lipinski definition) is 25. The number of aliphatic hydroxyl groups excluding tert-OH is 3. The number of nitrogens with one attached hydrogen (secondary N) is 2. The van der Waals surface area contributed by atoms with Gasteiger partial charge in [0, 0.05) is 65.1 Å². The second-order valence-corrected chi connectivity index (χ2v) is 32.4. The topological polar surface area (TPSA) is 409 Å². The monoisotopic (exact) mass is 1540 g/mol. The van der Waals surface area contributed by atoms with Crippen LogP contribution in [0.4, 0.5) is 19.2 Å². The van der Waals surface area contributed by atoms with Crippen molar-refractivity contribution in [3.63, 3.8) is 0 Å². The maximum absolute atomic E-state index is 13.0. The van der Waals surface area contributed by atoms with Gasteiger partial charge in [0.2, 0.25) is 0 Å². The Morgan fingerprint density at radius 2 is 0.835 bits per heavy atom. The third-order valence-electron chi connectivity index (χ3n) is 18.0. The smallest absolute Gasteiger partial charge is 0.411 e. The van der Waals surface area contributed by atoms with Crippen LogP contribution in [0.2, 0.25) is 0 Å². The average Bonchev–Trinajstić information content (AvgIpc) is 1.63. The molecule has 2 unspecified atom stereocenters. The number of aliphatic hydroxyl groups is 3. The molecule has 0 radical (unpaired) electrons. The number of likely N-dealkylation sites (tertiary alicyclic amines) is 6. The Balaban J connectivity index is 0.000000283. The van der Waals surface area contributed by atoms with E-state index in [2.05, 4.69) is 44.5 Å². The van der Waals surface area contributed by atoms with Gasteiger partial charge in [0.05, 0.1) is 73.5 Å². The zero-order chi connectivity index (χ0) is 82.5. The van der Waals surface area contributed by atoms with E-state index in [0.29, 0.717) is 91.0 Å². The molecule has 0 aliphatic carbocycles. The lowest BCUT2D eigenvalue weighted by Crippen LogP contribution is -2.72. The number of β-lactam (4-membered cyclic amide) rings is 2. The van der Waals surface area contributed by atoms with Gasteiger partial charge in [0.15, 0.2) is 0 Å². The molecular weight excluding hydrogens is 1420 g/mol. The van der Waals surface area contributed by atoms with Gasteiger partial charge in [-0.15, -0.1) is 0 Å². The number of ether oxygens (including phenoxy) is 9. The fourth-order valence-electron chi connectivity index (χ4n) is 13.4. The van der Waals surface area contributed by atoms with Crippen LogP contribution in [0.3, 0.4) is 0 Å². The first kappa shape index (κ1) is 92.6. The van der Waals surface area contributed by atoms with Gasteiger partial charge in [0.1, 0.15) is 69.1 Å². The molecule has 8 fully saturated rings. The summed E-state index contributed by atoms with van der Waals surface area (Å²) in [6.45, 7) is 38.7. The fourth-order valence-corrected chi connectivity index (χ4v) is 13.4. The van der Waals surface area contributed by atoms with Crippen LogP contribution in [0.15, 0.2) is 48.5 Å². The molecule has 33 nitrogen and oxygen atoms in total. The number of rotatable bonds is 10. The third-order valence-corrected chi connectivity index (χ3v) is 18.0. The number of nitrogens with two attached hydrogens (primary N) is 1. The van der Waals surface area contributed by atoms with Crippen molar-refractivity contribution in [2.45, 2.75) is 231 Å². The molecule has 33 heteroatoms. The number of aliphatic carboxylic acids is 1. The Bertz CT molecular complexity index is 3240. The first-order chi connectivity index (χ1) is 50.6. The van der Waals surface area contributed by atoms with Crippen molar-refractivity contribution in [2.75, 3.05) is 94.6 Å². The Hall–Kier alpha value is -8.81. The van der Waals surface area contributed by atoms with E-state index in [-0.39, 0.29) is 79.4 Å². The SMILES string of the molecule is COC(=O)[C@@H]1C[C@@H](C)CN1C(=O)OC(C)(C)C.COC(=O)[C@@H]1C[C@@H](O)CN1.COC(=O)[C@@H]1C[C@@H](O)CN1C(=O)OC(C)(C)C.COc1ccc(CN2CC3(C[C@@H](C)CN3C(=O)OC(C)(C)C)C2=O)cc1.COc1ccc(CN2CC3(C[C@@H](C)CN3C(=O)OC(C)(C)C)C2=O)cc1.O=C(O)[C@@H]1C[C@@H](O)CN1.[C-]#[N+]CN. The summed E-state index contributed by atoms with van der Waals surface area (Å²) >= 11 is 0. The fraction of sp³-hybridized carbons (Fsp3) is 0.697. The van der Waals surface area contributed by atoms with Gasteiger partial charge in [-0.1, -0.05) is 45.0 Å². The third kappa shape index (κ3) is 27.6. The van der Waals surface area contributed by atoms with Crippen molar-refractivity contribution in [3.8, 4) is 11.5 Å². The highest BCUT2D eigenvalue weighted by Crippen LogP contribution is 2.45. The Morgan fingerprint density at radius 3 is 1.13 bits per heavy atom. The summed E-state index contributed by atoms with van der Waals surface area (Å²) in [6.07, 6.45) is -0.420. The van der Waals surface area contributed by atoms with Gasteiger partial charge in [-0.05, 0) is 155 Å². The highest BCUT2D eigenvalue weighted by Gasteiger charge is 2.63. The summed E-state index contributed by atoms with van der Waals surface area (Å²) in [6, 6.07) is 13.3. The summed E-state index contributed by atoms with van der Waals surface area (Å²) in [4.78, 5) is 131. The molecule has 0 bridgehead atoms. The van der Waals surface area contributed by atoms with Crippen molar-refractivity contribution < 1.29 is 111 Å². The molecule has 0 saturated carbocycles. The largest absolute Gasteiger partial charge is 0.497 e. The van der Waals surface area contributed by atoms with Gasteiger partial charge >= 0.3 is 48.3 Å². The number of carboxylic acids is 1. The normalized spacial score (nSPS) is 25.8. The standard InChI is InChI=1S/2C20H28N2O4.C12H21NO4.C11H19NO5.C6H11NO3.C5H9NO3.C2H4N2/c2*1-14-10-20(22(11-14)18(24)26-19(2,3)4)13-21(17(20)23)12-15-6-8-16(25-5)9-7-15;1-8-6-9(10(14)16-5)13(7-8)11(15)17-12(2,3)4;1-11(2,3)17-10(15)12-6-7(13)5-8(12)9(14)16-4;1-10-6(9)5-2-4(8)3-7-5;7-3-1-4(5(8)9)6-2-3;1-4-2-3/h2*6-9,14H,10-13H2,1-5H3;8-9H,6-7H2,1-5H3;7-8,13H,5-6H2,1-4H3;4-5,7-8H,2-3H2,1H3;3-4,6-7H,1-2H2,(H,8,9);2-3H2/t2*14-,20?;8-,9+;7-,8+;4-,5+;3-,4+;/m111111./s1. The number of benzene rings is 2. The minimum absolute atomic E-state index is 0.0172. The first-order valence-electron chi connectivity index (χ1n) is 36.5. The minimum Gasteiger partial charge on any atom is -0.497 e. The molecule has 8 N–H and O–H groups in total. The number of β-amino-alcohol motifs (C(OH)–C–C–N with tert-alkyl or cyclic N) is 3. The number of carbonyl (C=O) groups excluding carboxylic acids is 9. The number of hydrogen-bond donors (Lipinski definition) is 7. The summed E-state index contributed by atoms with van der Waals surface area (Å²) < 4.78 is 45.6. The van der Waals surface area contributed by atoms with Crippen LogP contribution in [-0.2, 0) is 75.0 Å². The van der Waals surface area contributed by atoms with Crippen molar-refractivity contribution in [3.05, 3.63) is 71.1 Å². The summed E-state index contributed by atoms with van der Waals surface area (Å²) in [5, 5.41) is 41.1. The van der Waals surface area contributed by atoms with E-state index in [1.165, 1.54) is 31.1 Å². The highest BCUT2D eigenvalue weighted by molar-refractivity contribution is 5.97. The van der Waals surface area contributed by atoms with Gasteiger partial charge in [0.25, 0.3) is 18.5 Å². The number of carboxylic acid groups (broad SMARTS) is 1. The lowest BCUT2D eigenvalue weighted by molar-refractivity contribution is -0.162. The number of methoxy groups -OCH3 is 5. The minimum atomic E-state index is -0.883. The predicted molar refractivity (Wildman–Crippen MR) is 398 cm³/mol. The van der Waals surface area contributed by atoms with Crippen LogP contribution in [0, 0.1) is 24.3 Å². The Labute approximate surface area is 640 Å². The lowest BCUT2D eigenvalue weighted by atomic mass is 9.83. The zero-order valence-electron chi connectivity index (χ0n) is 67.2.